The number of rotatable bonds is 6. The van der Waals surface area contributed by atoms with E-state index in [0.29, 0.717) is 17.4 Å². The van der Waals surface area contributed by atoms with Crippen LogP contribution >= 0.6 is 0 Å². The summed E-state index contributed by atoms with van der Waals surface area (Å²) in [6, 6.07) is 14.5. The van der Waals surface area contributed by atoms with Gasteiger partial charge in [-0.3, -0.25) is 9.69 Å². The molecule has 2 aliphatic rings. The molecule has 0 bridgehead atoms. The van der Waals surface area contributed by atoms with Crippen molar-refractivity contribution in [2.75, 3.05) is 27.3 Å². The van der Waals surface area contributed by atoms with E-state index in [1.54, 1.807) is 14.2 Å². The topological polar surface area (TPSA) is 38.8 Å². The van der Waals surface area contributed by atoms with E-state index >= 15 is 0 Å². The summed E-state index contributed by atoms with van der Waals surface area (Å²) in [6.07, 6.45) is 4.09. The van der Waals surface area contributed by atoms with Crippen molar-refractivity contribution in [2.24, 2.45) is 11.3 Å². The number of hydrogen-bond acceptors (Lipinski definition) is 4. The summed E-state index contributed by atoms with van der Waals surface area (Å²) in [6.45, 7) is 5.39. The van der Waals surface area contributed by atoms with E-state index in [1.165, 1.54) is 18.4 Å². The Labute approximate surface area is 173 Å². The molecule has 2 aromatic carbocycles. The first-order chi connectivity index (χ1) is 14.0. The third kappa shape index (κ3) is 4.04. The van der Waals surface area contributed by atoms with E-state index in [0.717, 1.165) is 43.6 Å². The van der Waals surface area contributed by atoms with Gasteiger partial charge in [0.15, 0.2) is 17.3 Å². The number of ether oxygens (including phenoxy) is 2. The number of likely N-dealkylation sites (tertiary alicyclic amines) is 1. The predicted molar refractivity (Wildman–Crippen MR) is 115 cm³/mol. The molecule has 154 valence electrons. The summed E-state index contributed by atoms with van der Waals surface area (Å²) in [5.41, 5.74) is 2.97. The lowest BCUT2D eigenvalue weighted by Crippen LogP contribution is -2.36. The van der Waals surface area contributed by atoms with Gasteiger partial charge < -0.3 is 9.47 Å². The number of benzene rings is 2. The van der Waals surface area contributed by atoms with Gasteiger partial charge in [-0.2, -0.15) is 0 Å². The first-order valence-electron chi connectivity index (χ1n) is 10.6. The first-order valence-corrected chi connectivity index (χ1v) is 10.6. The SMILES string of the molecule is COc1cc2c(cc1OC)C(=O)C(C)(CC1CCN(Cc3ccccc3)CC1)C2. The Morgan fingerprint density at radius 2 is 1.69 bits per heavy atom. The minimum absolute atomic E-state index is 0.264. The molecular formula is C25H31NO3. The zero-order chi connectivity index (χ0) is 20.4. The van der Waals surface area contributed by atoms with Gasteiger partial charge in [0.2, 0.25) is 0 Å². The molecule has 0 saturated carbocycles. The molecule has 4 nitrogen and oxygen atoms in total. The van der Waals surface area contributed by atoms with Gasteiger partial charge in [0, 0.05) is 17.5 Å². The summed E-state index contributed by atoms with van der Waals surface area (Å²) in [5.74, 6) is 2.21. The second-order valence-corrected chi connectivity index (χ2v) is 8.84. The highest BCUT2D eigenvalue weighted by Gasteiger charge is 2.43. The predicted octanol–water partition coefficient (Wildman–Crippen LogP) is 4.75. The number of piperidine rings is 1. The lowest BCUT2D eigenvalue weighted by Gasteiger charge is -2.35. The third-order valence-corrected chi connectivity index (χ3v) is 6.68. The number of fused-ring (bicyclic) bond motifs is 1. The largest absolute Gasteiger partial charge is 0.493 e. The Hall–Kier alpha value is -2.33. The van der Waals surface area contributed by atoms with Crippen LogP contribution in [-0.2, 0) is 13.0 Å². The molecule has 1 fully saturated rings. The molecule has 1 unspecified atom stereocenters. The first kappa shape index (κ1) is 20.0. The fraction of sp³-hybridized carbons (Fsp3) is 0.480. The Morgan fingerprint density at radius 1 is 1.03 bits per heavy atom. The minimum Gasteiger partial charge on any atom is -0.493 e. The number of Topliss-reactive ketones (excluding diaryl/α,β-unsaturated/α-hetero) is 1. The van der Waals surface area contributed by atoms with E-state index in [2.05, 4.69) is 42.2 Å². The van der Waals surface area contributed by atoms with Gasteiger partial charge in [0.25, 0.3) is 0 Å². The fourth-order valence-electron chi connectivity index (χ4n) is 5.10. The summed E-state index contributed by atoms with van der Waals surface area (Å²) in [4.78, 5) is 15.8. The van der Waals surface area contributed by atoms with Crippen LogP contribution in [0.2, 0.25) is 0 Å². The maximum atomic E-state index is 13.3. The molecule has 0 spiro atoms. The van der Waals surface area contributed by atoms with Gasteiger partial charge in [-0.1, -0.05) is 37.3 Å². The summed E-state index contributed by atoms with van der Waals surface area (Å²) in [5, 5.41) is 0. The highest BCUT2D eigenvalue weighted by Crippen LogP contribution is 2.46. The van der Waals surface area contributed by atoms with Crippen LogP contribution in [0.25, 0.3) is 0 Å². The number of carbonyl (C=O) groups excluding carboxylic acids is 1. The molecule has 1 aliphatic heterocycles. The van der Waals surface area contributed by atoms with Crippen LogP contribution in [-0.4, -0.2) is 38.0 Å². The zero-order valence-electron chi connectivity index (χ0n) is 17.7. The van der Waals surface area contributed by atoms with Crippen molar-refractivity contribution < 1.29 is 14.3 Å². The molecule has 0 radical (unpaired) electrons. The lowest BCUT2D eigenvalue weighted by atomic mass is 9.75. The van der Waals surface area contributed by atoms with Crippen LogP contribution in [0.4, 0.5) is 0 Å². The van der Waals surface area contributed by atoms with Crippen molar-refractivity contribution in [1.82, 2.24) is 4.90 Å². The van der Waals surface area contributed by atoms with Crippen molar-refractivity contribution >= 4 is 5.78 Å². The fourth-order valence-corrected chi connectivity index (χ4v) is 5.10. The van der Waals surface area contributed by atoms with Crippen molar-refractivity contribution in [3.63, 3.8) is 0 Å². The molecule has 2 aromatic rings. The average molecular weight is 394 g/mol. The summed E-state index contributed by atoms with van der Waals surface area (Å²) >= 11 is 0. The van der Waals surface area contributed by atoms with Crippen molar-refractivity contribution in [2.45, 2.75) is 39.2 Å². The monoisotopic (exact) mass is 393 g/mol. The second kappa shape index (κ2) is 8.19. The van der Waals surface area contributed by atoms with Gasteiger partial charge in [-0.25, -0.2) is 0 Å². The van der Waals surface area contributed by atoms with Crippen LogP contribution in [0.3, 0.4) is 0 Å². The Morgan fingerprint density at radius 3 is 2.34 bits per heavy atom. The number of methoxy groups -OCH3 is 2. The van der Waals surface area contributed by atoms with Gasteiger partial charge in [0.1, 0.15) is 0 Å². The summed E-state index contributed by atoms with van der Waals surface area (Å²) in [7, 11) is 3.26. The van der Waals surface area contributed by atoms with E-state index in [1.807, 2.05) is 12.1 Å². The molecule has 29 heavy (non-hydrogen) atoms. The lowest BCUT2D eigenvalue weighted by molar-refractivity contribution is 0.0758. The standard InChI is InChI=1S/C25H31NO3/c1-25(16-20-13-22(28-2)23(29-3)14-21(20)24(25)27)15-18-9-11-26(12-10-18)17-19-7-5-4-6-8-19/h4-8,13-14,18H,9-12,15-17H2,1-3H3. The minimum atomic E-state index is -0.314. The van der Waals surface area contributed by atoms with Gasteiger partial charge in [-0.05, 0) is 68.0 Å². The number of carbonyl (C=O) groups is 1. The molecule has 1 heterocycles. The highest BCUT2D eigenvalue weighted by molar-refractivity contribution is 6.05. The van der Waals surface area contributed by atoms with E-state index in [9.17, 15) is 4.79 Å². The van der Waals surface area contributed by atoms with Gasteiger partial charge in [0.05, 0.1) is 14.2 Å². The van der Waals surface area contributed by atoms with Crippen molar-refractivity contribution in [3.8, 4) is 11.5 Å². The van der Waals surface area contributed by atoms with E-state index in [4.69, 9.17) is 9.47 Å². The second-order valence-electron chi connectivity index (χ2n) is 8.84. The van der Waals surface area contributed by atoms with Crippen LogP contribution in [0.5, 0.6) is 11.5 Å². The molecule has 4 rings (SSSR count). The van der Waals surface area contributed by atoms with Crippen molar-refractivity contribution in [1.29, 1.82) is 0 Å². The molecule has 1 aliphatic carbocycles. The molecule has 1 atom stereocenters. The van der Waals surface area contributed by atoms with E-state index < -0.39 is 0 Å². The number of ketones is 1. The van der Waals surface area contributed by atoms with Crippen LogP contribution in [0.1, 0.15) is 47.7 Å². The van der Waals surface area contributed by atoms with Crippen LogP contribution in [0.15, 0.2) is 42.5 Å². The maximum absolute atomic E-state index is 13.3. The summed E-state index contributed by atoms with van der Waals surface area (Å²) < 4.78 is 10.8. The van der Waals surface area contributed by atoms with Crippen molar-refractivity contribution in [3.05, 3.63) is 59.2 Å². The van der Waals surface area contributed by atoms with Gasteiger partial charge >= 0.3 is 0 Å². The molecular weight excluding hydrogens is 362 g/mol. The quantitative estimate of drug-likeness (QED) is 0.710. The zero-order valence-corrected chi connectivity index (χ0v) is 17.7. The Kier molecular flexibility index (Phi) is 5.64. The number of hydrogen-bond donors (Lipinski definition) is 0. The molecule has 0 aromatic heterocycles. The Balaban J connectivity index is 1.39. The Bertz CT molecular complexity index is 871. The molecule has 0 N–H and O–H groups in total. The maximum Gasteiger partial charge on any atom is 0.169 e. The third-order valence-electron chi connectivity index (χ3n) is 6.68. The van der Waals surface area contributed by atoms with Crippen LogP contribution < -0.4 is 9.47 Å². The molecule has 0 amide bonds. The van der Waals surface area contributed by atoms with E-state index in [-0.39, 0.29) is 11.2 Å². The van der Waals surface area contributed by atoms with Crippen LogP contribution in [0, 0.1) is 11.3 Å². The smallest absolute Gasteiger partial charge is 0.169 e. The average Bonchev–Trinajstić information content (AvgIpc) is 2.98. The normalized spacial score (nSPS) is 22.5. The number of nitrogens with zero attached hydrogens (tertiary/aromatic N) is 1. The molecule has 4 heteroatoms. The highest BCUT2D eigenvalue weighted by atomic mass is 16.5. The molecule has 1 saturated heterocycles. The van der Waals surface area contributed by atoms with Gasteiger partial charge in [-0.15, -0.1) is 0 Å².